The maximum atomic E-state index is 5.80. The van der Waals surface area contributed by atoms with Crippen molar-refractivity contribution in [2.75, 3.05) is 26.5 Å². The molecule has 0 aliphatic heterocycles. The minimum atomic E-state index is 0.502. The molecule has 0 unspecified atom stereocenters. The monoisotopic (exact) mass is 417 g/mol. The van der Waals surface area contributed by atoms with Gasteiger partial charge in [0.15, 0.2) is 0 Å². The van der Waals surface area contributed by atoms with Crippen molar-refractivity contribution in [3.63, 3.8) is 0 Å². The van der Waals surface area contributed by atoms with Crippen LogP contribution in [0.5, 0.6) is 0 Å². The van der Waals surface area contributed by atoms with E-state index in [1.54, 1.807) is 0 Å². The summed E-state index contributed by atoms with van der Waals surface area (Å²) in [6.07, 6.45) is 10.3. The highest BCUT2D eigenvalue weighted by atomic mass is 35.5. The zero-order chi connectivity index (χ0) is 22.1. The molecule has 0 spiro atoms. The molecule has 0 aliphatic carbocycles. The SMILES string of the molecule is C/C=C(\C=C/CCl)C(/C)=N/N(Cc1ccccc1)/C(=C/CC)CCN(C)C.CC. The summed E-state index contributed by atoms with van der Waals surface area (Å²) in [4.78, 5) is 2.21. The van der Waals surface area contributed by atoms with Crippen LogP contribution in [0.25, 0.3) is 0 Å². The summed E-state index contributed by atoms with van der Waals surface area (Å²) in [7, 11) is 4.21. The second kappa shape index (κ2) is 17.1. The first-order valence-corrected chi connectivity index (χ1v) is 11.1. The molecule has 3 nitrogen and oxygen atoms in total. The van der Waals surface area contributed by atoms with Crippen LogP contribution in [0, 0.1) is 0 Å². The van der Waals surface area contributed by atoms with Gasteiger partial charge in [0, 0.05) is 24.5 Å². The molecule has 1 aromatic rings. The average molecular weight is 418 g/mol. The van der Waals surface area contributed by atoms with Crippen LogP contribution < -0.4 is 0 Å². The quantitative estimate of drug-likeness (QED) is 0.169. The zero-order valence-electron chi connectivity index (χ0n) is 19.5. The maximum Gasteiger partial charge on any atom is 0.0662 e. The van der Waals surface area contributed by atoms with Gasteiger partial charge >= 0.3 is 0 Å². The molecular weight excluding hydrogens is 378 g/mol. The van der Waals surface area contributed by atoms with Crippen LogP contribution in [-0.4, -0.2) is 42.1 Å². The van der Waals surface area contributed by atoms with Gasteiger partial charge in [-0.25, -0.2) is 0 Å². The number of nitrogens with zero attached hydrogens (tertiary/aromatic N) is 3. The fraction of sp³-hybridized carbons (Fsp3) is 0.480. The van der Waals surface area contributed by atoms with Gasteiger partial charge in [0.2, 0.25) is 0 Å². The van der Waals surface area contributed by atoms with E-state index in [9.17, 15) is 0 Å². The highest BCUT2D eigenvalue weighted by Crippen LogP contribution is 2.18. The van der Waals surface area contributed by atoms with Gasteiger partial charge in [-0.2, -0.15) is 5.10 Å². The molecule has 0 fully saturated rings. The summed E-state index contributed by atoms with van der Waals surface area (Å²) in [6.45, 7) is 12.0. The minimum Gasteiger partial charge on any atom is -0.309 e. The van der Waals surface area contributed by atoms with Gasteiger partial charge in [-0.3, -0.25) is 5.01 Å². The second-order valence-corrected chi connectivity index (χ2v) is 6.99. The van der Waals surface area contributed by atoms with Gasteiger partial charge in [0.25, 0.3) is 0 Å². The van der Waals surface area contributed by atoms with Crippen molar-refractivity contribution in [3.05, 3.63) is 71.5 Å². The third-order valence-electron chi connectivity index (χ3n) is 4.15. The lowest BCUT2D eigenvalue weighted by atomic mass is 10.1. The smallest absolute Gasteiger partial charge is 0.0662 e. The second-order valence-electron chi connectivity index (χ2n) is 6.69. The molecule has 0 aliphatic rings. The Labute approximate surface area is 184 Å². The Hall–Kier alpha value is -1.84. The van der Waals surface area contributed by atoms with Gasteiger partial charge in [0.05, 0.1) is 12.3 Å². The van der Waals surface area contributed by atoms with Crippen LogP contribution in [0.2, 0.25) is 0 Å². The van der Waals surface area contributed by atoms with Gasteiger partial charge in [-0.15, -0.1) is 11.6 Å². The van der Waals surface area contributed by atoms with Gasteiger partial charge in [-0.1, -0.05) is 75.4 Å². The third-order valence-corrected chi connectivity index (χ3v) is 4.33. The summed E-state index contributed by atoms with van der Waals surface area (Å²) < 4.78 is 0. The van der Waals surface area contributed by atoms with E-state index < -0.39 is 0 Å². The normalized spacial score (nSPS) is 12.9. The van der Waals surface area contributed by atoms with Crippen molar-refractivity contribution in [1.82, 2.24) is 9.91 Å². The summed E-state index contributed by atoms with van der Waals surface area (Å²) in [5.74, 6) is 0.502. The number of rotatable bonds is 11. The summed E-state index contributed by atoms with van der Waals surface area (Å²) in [6, 6.07) is 10.5. The van der Waals surface area contributed by atoms with Crippen LogP contribution in [0.1, 0.15) is 53.0 Å². The number of hydrogen-bond donors (Lipinski definition) is 0. The molecular formula is C25H40ClN3. The Balaban J connectivity index is 0.00000379. The molecule has 29 heavy (non-hydrogen) atoms. The Morgan fingerprint density at radius 2 is 1.79 bits per heavy atom. The number of alkyl halides is 1. The van der Waals surface area contributed by atoms with Crippen LogP contribution in [0.15, 0.2) is 71.0 Å². The van der Waals surface area contributed by atoms with E-state index in [-0.39, 0.29) is 0 Å². The van der Waals surface area contributed by atoms with E-state index in [1.165, 1.54) is 11.3 Å². The first-order chi connectivity index (χ1) is 14.0. The van der Waals surface area contributed by atoms with Gasteiger partial charge in [0.1, 0.15) is 0 Å². The maximum absolute atomic E-state index is 5.80. The molecule has 1 rings (SSSR count). The van der Waals surface area contributed by atoms with E-state index in [0.29, 0.717) is 5.88 Å². The van der Waals surface area contributed by atoms with Crippen molar-refractivity contribution in [2.45, 2.75) is 54.0 Å². The number of hydrazone groups is 1. The summed E-state index contributed by atoms with van der Waals surface area (Å²) in [5, 5.41) is 7.14. The van der Waals surface area contributed by atoms with Crippen molar-refractivity contribution in [2.24, 2.45) is 5.10 Å². The standard InChI is InChI=1S/C23H34ClN3.C2H6/c1-6-12-23(16-18-26(4)5)27(19-21-13-9-8-10-14-21)25-20(3)22(7-2)15-11-17-24;1-2/h7-15H,6,16-19H2,1-5H3;1-2H3/b15-11-,22-7+,23-12+,25-20+;. The first-order valence-electron chi connectivity index (χ1n) is 10.6. The molecule has 0 aromatic heterocycles. The van der Waals surface area contributed by atoms with Crippen LogP contribution >= 0.6 is 11.6 Å². The molecule has 0 amide bonds. The molecule has 0 N–H and O–H groups in total. The lowest BCUT2D eigenvalue weighted by Crippen LogP contribution is -2.23. The van der Waals surface area contributed by atoms with Gasteiger partial charge in [-0.05, 0) is 45.5 Å². The third kappa shape index (κ3) is 11.7. The largest absolute Gasteiger partial charge is 0.309 e. The van der Waals surface area contributed by atoms with Crippen LogP contribution in [0.3, 0.4) is 0 Å². The highest BCUT2D eigenvalue weighted by Gasteiger charge is 2.11. The Morgan fingerprint density at radius 3 is 2.31 bits per heavy atom. The van der Waals surface area contributed by atoms with E-state index in [2.05, 4.69) is 74.3 Å². The molecule has 4 heteroatoms. The summed E-state index contributed by atoms with van der Waals surface area (Å²) in [5.41, 5.74) is 4.59. The zero-order valence-corrected chi connectivity index (χ0v) is 20.2. The first kappa shape index (κ1) is 27.2. The Morgan fingerprint density at radius 1 is 1.14 bits per heavy atom. The topological polar surface area (TPSA) is 18.8 Å². The van der Waals surface area contributed by atoms with Crippen molar-refractivity contribution < 1.29 is 0 Å². The lowest BCUT2D eigenvalue weighted by Gasteiger charge is -2.25. The average Bonchev–Trinajstić information content (AvgIpc) is 2.73. The molecule has 0 radical (unpaired) electrons. The van der Waals surface area contributed by atoms with E-state index >= 15 is 0 Å². The molecule has 1 aromatic carbocycles. The predicted octanol–water partition coefficient (Wildman–Crippen LogP) is 6.88. The van der Waals surface area contributed by atoms with E-state index in [4.69, 9.17) is 16.7 Å². The van der Waals surface area contributed by atoms with Crippen molar-refractivity contribution in [1.29, 1.82) is 0 Å². The van der Waals surface area contributed by atoms with E-state index in [1.807, 2.05) is 39.0 Å². The molecule has 0 bridgehead atoms. The fourth-order valence-electron chi connectivity index (χ4n) is 2.70. The van der Waals surface area contributed by atoms with Crippen molar-refractivity contribution in [3.8, 4) is 0 Å². The Kier molecular flexibility index (Phi) is 16.0. The molecule has 0 saturated carbocycles. The molecule has 0 atom stereocenters. The molecule has 162 valence electrons. The predicted molar refractivity (Wildman–Crippen MR) is 132 cm³/mol. The number of benzene rings is 1. The summed E-state index contributed by atoms with van der Waals surface area (Å²) >= 11 is 5.80. The van der Waals surface area contributed by atoms with E-state index in [0.717, 1.165) is 37.2 Å². The fourth-order valence-corrected chi connectivity index (χ4v) is 2.79. The van der Waals surface area contributed by atoms with Gasteiger partial charge < -0.3 is 4.90 Å². The minimum absolute atomic E-state index is 0.502. The number of allylic oxidation sites excluding steroid dienone is 5. The Bertz CT molecular complexity index is 658. The lowest BCUT2D eigenvalue weighted by molar-refractivity contribution is 0.319. The van der Waals surface area contributed by atoms with Crippen LogP contribution in [0.4, 0.5) is 0 Å². The molecule has 0 saturated heterocycles. The highest BCUT2D eigenvalue weighted by molar-refractivity contribution is 6.19. The molecule has 0 heterocycles. The number of halogens is 1. The van der Waals surface area contributed by atoms with Crippen LogP contribution in [-0.2, 0) is 6.54 Å². The number of hydrogen-bond acceptors (Lipinski definition) is 3. The van der Waals surface area contributed by atoms with Crippen molar-refractivity contribution >= 4 is 17.3 Å².